The van der Waals surface area contributed by atoms with Gasteiger partial charge in [-0.15, -0.1) is 0 Å². The van der Waals surface area contributed by atoms with Gasteiger partial charge in [0, 0.05) is 36.8 Å². The molecule has 0 spiro atoms. The summed E-state index contributed by atoms with van der Waals surface area (Å²) < 4.78 is 5.68. The summed E-state index contributed by atoms with van der Waals surface area (Å²) in [5.74, 6) is 1.02. The summed E-state index contributed by atoms with van der Waals surface area (Å²) in [6.45, 7) is 10.1. The number of rotatable bonds is 5. The quantitative estimate of drug-likeness (QED) is 0.707. The van der Waals surface area contributed by atoms with Gasteiger partial charge in [-0.2, -0.15) is 0 Å². The Balaban J connectivity index is 1.51. The summed E-state index contributed by atoms with van der Waals surface area (Å²) in [7, 11) is 0. The Morgan fingerprint density at radius 2 is 1.50 bits per heavy atom. The number of benzene rings is 2. The van der Waals surface area contributed by atoms with E-state index in [1.165, 1.54) is 5.56 Å². The van der Waals surface area contributed by atoms with E-state index in [-0.39, 0.29) is 18.4 Å². The van der Waals surface area contributed by atoms with Gasteiger partial charge < -0.3 is 14.5 Å². The van der Waals surface area contributed by atoms with Crippen molar-refractivity contribution in [3.05, 3.63) is 63.7 Å². The molecule has 3 rings (SSSR count). The zero-order valence-electron chi connectivity index (χ0n) is 18.1. The molecule has 0 bridgehead atoms. The van der Waals surface area contributed by atoms with Gasteiger partial charge in [0.15, 0.2) is 6.61 Å². The molecule has 0 aliphatic carbocycles. The van der Waals surface area contributed by atoms with Crippen LogP contribution in [0.2, 0.25) is 5.02 Å². The molecular weight excluding hydrogens is 400 g/mol. The first-order valence-electron chi connectivity index (χ1n) is 10.3. The van der Waals surface area contributed by atoms with Crippen molar-refractivity contribution in [3.63, 3.8) is 0 Å². The highest BCUT2D eigenvalue weighted by Crippen LogP contribution is 2.26. The van der Waals surface area contributed by atoms with Crippen LogP contribution in [0.5, 0.6) is 5.75 Å². The molecule has 2 aromatic carbocycles. The molecule has 0 atom stereocenters. The van der Waals surface area contributed by atoms with Crippen LogP contribution in [0.1, 0.15) is 46.8 Å². The minimum absolute atomic E-state index is 0.0146. The second-order valence-corrected chi connectivity index (χ2v) is 8.49. The Hall–Kier alpha value is -2.53. The zero-order valence-corrected chi connectivity index (χ0v) is 18.8. The van der Waals surface area contributed by atoms with Crippen LogP contribution in [0.15, 0.2) is 36.4 Å². The number of nitrogens with zero attached hydrogens (tertiary/aromatic N) is 2. The molecule has 0 radical (unpaired) electrons. The Kier molecular flexibility index (Phi) is 7.03. The predicted octanol–water partition coefficient (Wildman–Crippen LogP) is 4.44. The number of hydrogen-bond acceptors (Lipinski definition) is 3. The minimum atomic E-state index is -0.0753. The van der Waals surface area contributed by atoms with E-state index in [2.05, 4.69) is 13.8 Å². The van der Waals surface area contributed by atoms with Crippen molar-refractivity contribution in [1.82, 2.24) is 9.80 Å². The number of piperazine rings is 1. The molecular formula is C24H29ClN2O3. The van der Waals surface area contributed by atoms with Crippen LogP contribution >= 0.6 is 11.6 Å². The van der Waals surface area contributed by atoms with E-state index < -0.39 is 0 Å². The summed E-state index contributed by atoms with van der Waals surface area (Å²) in [4.78, 5) is 28.8. The molecule has 2 aromatic rings. The molecule has 1 saturated heterocycles. The lowest BCUT2D eigenvalue weighted by molar-refractivity contribution is -0.134. The lowest BCUT2D eigenvalue weighted by Gasteiger charge is -2.34. The Morgan fingerprint density at radius 1 is 0.967 bits per heavy atom. The van der Waals surface area contributed by atoms with Gasteiger partial charge >= 0.3 is 0 Å². The van der Waals surface area contributed by atoms with Crippen LogP contribution in [0.3, 0.4) is 0 Å². The molecule has 160 valence electrons. The maximum absolute atomic E-state index is 12.7. The van der Waals surface area contributed by atoms with E-state index in [1.807, 2.05) is 50.2 Å². The number of amides is 2. The largest absolute Gasteiger partial charge is 0.484 e. The molecule has 5 nitrogen and oxygen atoms in total. The van der Waals surface area contributed by atoms with Crippen LogP contribution in [-0.2, 0) is 4.79 Å². The summed E-state index contributed by atoms with van der Waals surface area (Å²) in [5.41, 5.74) is 3.75. The van der Waals surface area contributed by atoms with Gasteiger partial charge in [-0.25, -0.2) is 0 Å². The highest BCUT2D eigenvalue weighted by Gasteiger charge is 2.25. The minimum Gasteiger partial charge on any atom is -0.484 e. The number of carbonyl (C=O) groups excluding carboxylic acids is 2. The summed E-state index contributed by atoms with van der Waals surface area (Å²) in [6.07, 6.45) is 0. The van der Waals surface area contributed by atoms with Gasteiger partial charge in [-0.1, -0.05) is 37.6 Å². The van der Waals surface area contributed by atoms with Crippen LogP contribution in [-0.4, -0.2) is 54.4 Å². The normalized spacial score (nSPS) is 14.2. The SMILES string of the molecule is Cc1cc(OCC(=O)N2CCN(C(=O)c3ccc(C(C)C)cc3)CC2)cc(C)c1Cl. The van der Waals surface area contributed by atoms with Gasteiger partial charge in [0.05, 0.1) is 0 Å². The summed E-state index contributed by atoms with van der Waals surface area (Å²) in [5, 5.41) is 0.716. The second-order valence-electron chi connectivity index (χ2n) is 8.11. The van der Waals surface area contributed by atoms with Crippen molar-refractivity contribution < 1.29 is 14.3 Å². The monoisotopic (exact) mass is 428 g/mol. The van der Waals surface area contributed by atoms with Gasteiger partial charge in [-0.05, 0) is 60.7 Å². The first-order chi connectivity index (χ1) is 14.3. The van der Waals surface area contributed by atoms with E-state index in [9.17, 15) is 9.59 Å². The van der Waals surface area contributed by atoms with Gasteiger partial charge in [0.25, 0.3) is 11.8 Å². The topological polar surface area (TPSA) is 49.9 Å². The van der Waals surface area contributed by atoms with Gasteiger partial charge in [0.2, 0.25) is 0 Å². The Labute approximate surface area is 183 Å². The maximum atomic E-state index is 12.7. The van der Waals surface area contributed by atoms with E-state index in [0.717, 1.165) is 11.1 Å². The van der Waals surface area contributed by atoms with Crippen molar-refractivity contribution in [3.8, 4) is 5.75 Å². The zero-order chi connectivity index (χ0) is 21.8. The molecule has 0 N–H and O–H groups in total. The number of hydrogen-bond donors (Lipinski definition) is 0. The van der Waals surface area contributed by atoms with Crippen LogP contribution in [0.4, 0.5) is 0 Å². The number of ether oxygens (including phenoxy) is 1. The summed E-state index contributed by atoms with van der Waals surface area (Å²) in [6, 6.07) is 11.5. The fraction of sp³-hybridized carbons (Fsp3) is 0.417. The standard InChI is InChI=1S/C24H29ClN2O3/c1-16(2)19-5-7-20(8-6-19)24(29)27-11-9-26(10-12-27)22(28)15-30-21-13-17(3)23(25)18(4)14-21/h5-8,13-14,16H,9-12,15H2,1-4H3. The van der Waals surface area contributed by atoms with Crippen LogP contribution in [0.25, 0.3) is 0 Å². The fourth-order valence-corrected chi connectivity index (χ4v) is 3.69. The predicted molar refractivity (Wildman–Crippen MR) is 119 cm³/mol. The van der Waals surface area contributed by atoms with Crippen molar-refractivity contribution in [2.24, 2.45) is 0 Å². The molecule has 30 heavy (non-hydrogen) atoms. The van der Waals surface area contributed by atoms with Crippen molar-refractivity contribution in [2.45, 2.75) is 33.6 Å². The van der Waals surface area contributed by atoms with E-state index in [0.29, 0.717) is 48.4 Å². The smallest absolute Gasteiger partial charge is 0.260 e. The van der Waals surface area contributed by atoms with E-state index in [4.69, 9.17) is 16.3 Å². The lowest BCUT2D eigenvalue weighted by Crippen LogP contribution is -2.51. The average Bonchev–Trinajstić information content (AvgIpc) is 2.75. The first-order valence-corrected chi connectivity index (χ1v) is 10.7. The first kappa shape index (κ1) is 22.2. The molecule has 0 aromatic heterocycles. The average molecular weight is 429 g/mol. The van der Waals surface area contributed by atoms with Gasteiger partial charge in [-0.3, -0.25) is 9.59 Å². The van der Waals surface area contributed by atoms with Crippen molar-refractivity contribution in [2.75, 3.05) is 32.8 Å². The highest BCUT2D eigenvalue weighted by atomic mass is 35.5. The molecule has 6 heteroatoms. The molecule has 1 heterocycles. The molecule has 0 unspecified atom stereocenters. The summed E-state index contributed by atoms with van der Waals surface area (Å²) >= 11 is 6.18. The molecule has 2 amide bonds. The molecule has 1 fully saturated rings. The van der Waals surface area contributed by atoms with E-state index >= 15 is 0 Å². The number of aryl methyl sites for hydroxylation is 2. The van der Waals surface area contributed by atoms with Crippen molar-refractivity contribution in [1.29, 1.82) is 0 Å². The van der Waals surface area contributed by atoms with Crippen LogP contribution in [0, 0.1) is 13.8 Å². The third-order valence-corrected chi connectivity index (χ3v) is 6.11. The number of halogens is 1. The Morgan fingerprint density at radius 3 is 2.03 bits per heavy atom. The molecule has 1 aliphatic rings. The maximum Gasteiger partial charge on any atom is 0.260 e. The Bertz CT molecular complexity index is 894. The van der Waals surface area contributed by atoms with Crippen molar-refractivity contribution >= 4 is 23.4 Å². The second kappa shape index (κ2) is 9.52. The third kappa shape index (κ3) is 5.14. The van der Waals surface area contributed by atoms with E-state index in [1.54, 1.807) is 9.80 Å². The lowest BCUT2D eigenvalue weighted by atomic mass is 10.0. The number of carbonyl (C=O) groups is 2. The third-order valence-electron chi connectivity index (χ3n) is 5.52. The van der Waals surface area contributed by atoms with Crippen LogP contribution < -0.4 is 4.74 Å². The highest BCUT2D eigenvalue weighted by molar-refractivity contribution is 6.32. The molecule has 1 aliphatic heterocycles. The van der Waals surface area contributed by atoms with Gasteiger partial charge in [0.1, 0.15) is 5.75 Å². The molecule has 0 saturated carbocycles. The fourth-order valence-electron chi connectivity index (χ4n) is 3.58.